The maximum atomic E-state index is 12.8. The number of hydrogen-bond donors (Lipinski definition) is 0. The molecule has 0 bridgehead atoms. The number of benzene rings is 2. The molecule has 2 aromatic carbocycles. The standard InChI is InChI=1S/C20H26NO3P/c1-5-23-25(22,24-6-2)12-11-21-19-9-7-15(3)13-17(19)18-14-16(4)8-10-20(18)21/h7-10,13-14H,5-6,11-12H2,1-4H3. The number of fused-ring (bicyclic) bond motifs is 3. The second-order valence-corrected chi connectivity index (χ2v) is 8.55. The fraction of sp³-hybridized carbons (Fsp3) is 0.400. The van der Waals surface area contributed by atoms with Crippen LogP contribution in [0.1, 0.15) is 25.0 Å². The van der Waals surface area contributed by atoms with E-state index in [4.69, 9.17) is 9.05 Å². The molecule has 0 radical (unpaired) electrons. The minimum atomic E-state index is -3.06. The first-order valence-corrected chi connectivity index (χ1v) is 10.6. The highest BCUT2D eigenvalue weighted by Crippen LogP contribution is 2.48. The summed E-state index contributed by atoms with van der Waals surface area (Å²) in [4.78, 5) is 0. The molecule has 1 heterocycles. The number of rotatable bonds is 7. The highest BCUT2D eigenvalue weighted by molar-refractivity contribution is 7.53. The van der Waals surface area contributed by atoms with E-state index in [0.717, 1.165) is 11.0 Å². The van der Waals surface area contributed by atoms with Gasteiger partial charge in [-0.15, -0.1) is 0 Å². The van der Waals surface area contributed by atoms with E-state index in [2.05, 4.69) is 54.8 Å². The van der Waals surface area contributed by atoms with Crippen molar-refractivity contribution in [3.05, 3.63) is 47.5 Å². The van der Waals surface area contributed by atoms with Crippen LogP contribution in [-0.2, 0) is 20.2 Å². The first-order valence-electron chi connectivity index (χ1n) is 8.85. The molecule has 0 aliphatic rings. The first kappa shape index (κ1) is 18.2. The Bertz CT molecular complexity index is 876. The second kappa shape index (κ2) is 7.33. The molecule has 0 fully saturated rings. The SMILES string of the molecule is CCOP(=O)(CCn1c2ccc(C)cc2c2cc(C)ccc21)OCC. The largest absolute Gasteiger partial charge is 0.340 e. The Balaban J connectivity index is 2.07. The lowest BCUT2D eigenvalue weighted by atomic mass is 10.1. The molecule has 25 heavy (non-hydrogen) atoms. The molecule has 3 rings (SSSR count). The monoisotopic (exact) mass is 359 g/mol. The van der Waals surface area contributed by atoms with Gasteiger partial charge in [0.25, 0.3) is 0 Å². The van der Waals surface area contributed by atoms with E-state index in [-0.39, 0.29) is 0 Å². The predicted molar refractivity (Wildman–Crippen MR) is 105 cm³/mol. The van der Waals surface area contributed by atoms with Crippen LogP contribution in [0.3, 0.4) is 0 Å². The zero-order valence-corrected chi connectivity index (χ0v) is 16.3. The van der Waals surface area contributed by atoms with Crippen molar-refractivity contribution in [2.24, 2.45) is 0 Å². The van der Waals surface area contributed by atoms with E-state index in [9.17, 15) is 4.57 Å². The summed E-state index contributed by atoms with van der Waals surface area (Å²) < 4.78 is 26.0. The minimum absolute atomic E-state index is 0.370. The highest BCUT2D eigenvalue weighted by Gasteiger charge is 2.24. The topological polar surface area (TPSA) is 40.5 Å². The molecule has 0 spiro atoms. The Labute approximate surface area is 149 Å². The molecule has 3 aromatic rings. The van der Waals surface area contributed by atoms with Crippen LogP contribution in [0.2, 0.25) is 0 Å². The minimum Gasteiger partial charge on any atom is -0.340 e. The molecule has 4 nitrogen and oxygen atoms in total. The van der Waals surface area contributed by atoms with Gasteiger partial charge in [0.15, 0.2) is 0 Å². The molecule has 0 aliphatic carbocycles. The van der Waals surface area contributed by atoms with Crippen molar-refractivity contribution in [1.29, 1.82) is 0 Å². The van der Waals surface area contributed by atoms with Gasteiger partial charge >= 0.3 is 7.60 Å². The van der Waals surface area contributed by atoms with Gasteiger partial charge < -0.3 is 13.6 Å². The lowest BCUT2D eigenvalue weighted by Crippen LogP contribution is -2.07. The Kier molecular flexibility index (Phi) is 5.33. The van der Waals surface area contributed by atoms with E-state index < -0.39 is 7.60 Å². The van der Waals surface area contributed by atoms with Crippen molar-refractivity contribution in [1.82, 2.24) is 4.57 Å². The molecular formula is C20H26NO3P. The summed E-state index contributed by atoms with van der Waals surface area (Å²) in [5, 5.41) is 2.47. The molecule has 0 amide bonds. The Morgan fingerprint density at radius 3 is 1.80 bits per heavy atom. The summed E-state index contributed by atoms with van der Waals surface area (Å²) in [6.07, 6.45) is 0.370. The van der Waals surface area contributed by atoms with Crippen molar-refractivity contribution in [2.45, 2.75) is 34.2 Å². The normalized spacial score (nSPS) is 12.3. The molecule has 0 aliphatic heterocycles. The third-order valence-corrected chi connectivity index (χ3v) is 6.48. The van der Waals surface area contributed by atoms with Gasteiger partial charge in [-0.1, -0.05) is 23.3 Å². The lowest BCUT2D eigenvalue weighted by molar-refractivity contribution is 0.219. The van der Waals surface area contributed by atoms with Gasteiger partial charge in [0.1, 0.15) is 0 Å². The number of aryl methyl sites for hydroxylation is 3. The smallest absolute Gasteiger partial charge is 0.332 e. The van der Waals surface area contributed by atoms with Crippen LogP contribution in [-0.4, -0.2) is 23.9 Å². The molecule has 1 aromatic heterocycles. The van der Waals surface area contributed by atoms with Crippen LogP contribution in [0, 0.1) is 13.8 Å². The number of nitrogens with zero attached hydrogens (tertiary/aromatic N) is 1. The molecule has 0 unspecified atom stereocenters. The van der Waals surface area contributed by atoms with Crippen LogP contribution < -0.4 is 0 Å². The van der Waals surface area contributed by atoms with E-state index >= 15 is 0 Å². The van der Waals surface area contributed by atoms with Crippen molar-refractivity contribution in [3.8, 4) is 0 Å². The fourth-order valence-electron chi connectivity index (χ4n) is 3.35. The lowest BCUT2D eigenvalue weighted by Gasteiger charge is -2.18. The number of aromatic nitrogens is 1. The summed E-state index contributed by atoms with van der Waals surface area (Å²) in [7, 11) is -3.06. The average molecular weight is 359 g/mol. The van der Waals surface area contributed by atoms with Crippen LogP contribution in [0.15, 0.2) is 36.4 Å². The van der Waals surface area contributed by atoms with E-state index in [1.54, 1.807) is 0 Å². The third-order valence-electron chi connectivity index (χ3n) is 4.42. The van der Waals surface area contributed by atoms with Crippen LogP contribution in [0.4, 0.5) is 0 Å². The maximum Gasteiger partial charge on any atom is 0.332 e. The van der Waals surface area contributed by atoms with E-state index in [1.807, 2.05) is 13.8 Å². The van der Waals surface area contributed by atoms with Gasteiger partial charge in [0, 0.05) is 28.4 Å². The molecule has 0 saturated heterocycles. The zero-order valence-electron chi connectivity index (χ0n) is 15.4. The molecule has 0 N–H and O–H groups in total. The van der Waals surface area contributed by atoms with Crippen molar-refractivity contribution in [3.63, 3.8) is 0 Å². The number of hydrogen-bond acceptors (Lipinski definition) is 3. The summed E-state index contributed by atoms with van der Waals surface area (Å²) in [5.74, 6) is 0. The summed E-state index contributed by atoms with van der Waals surface area (Å²) in [6.45, 7) is 9.29. The summed E-state index contributed by atoms with van der Waals surface area (Å²) in [6, 6.07) is 13.0. The van der Waals surface area contributed by atoms with Gasteiger partial charge in [-0.2, -0.15) is 0 Å². The Morgan fingerprint density at radius 2 is 1.36 bits per heavy atom. The first-order chi connectivity index (χ1) is 12.0. The average Bonchev–Trinajstić information content (AvgIpc) is 2.86. The summed E-state index contributed by atoms with van der Waals surface area (Å²) >= 11 is 0. The van der Waals surface area contributed by atoms with Crippen LogP contribution >= 0.6 is 7.60 Å². The van der Waals surface area contributed by atoms with Crippen LogP contribution in [0.25, 0.3) is 21.8 Å². The third kappa shape index (κ3) is 3.67. The van der Waals surface area contributed by atoms with Gasteiger partial charge in [0.2, 0.25) is 0 Å². The van der Waals surface area contributed by atoms with Crippen molar-refractivity contribution in [2.75, 3.05) is 19.4 Å². The van der Waals surface area contributed by atoms with Gasteiger partial charge in [-0.05, 0) is 52.0 Å². The van der Waals surface area contributed by atoms with Crippen molar-refractivity contribution < 1.29 is 13.6 Å². The van der Waals surface area contributed by atoms with Crippen LogP contribution in [0.5, 0.6) is 0 Å². The van der Waals surface area contributed by atoms with E-state index in [0.29, 0.717) is 25.9 Å². The molecule has 0 saturated carbocycles. The molecule has 0 atom stereocenters. The quantitative estimate of drug-likeness (QED) is 0.510. The fourth-order valence-corrected chi connectivity index (χ4v) is 4.92. The van der Waals surface area contributed by atoms with E-state index in [1.165, 1.54) is 21.9 Å². The van der Waals surface area contributed by atoms with Gasteiger partial charge in [-0.25, -0.2) is 0 Å². The second-order valence-electron chi connectivity index (χ2n) is 6.36. The van der Waals surface area contributed by atoms with Crippen molar-refractivity contribution >= 4 is 29.4 Å². The Morgan fingerprint density at radius 1 is 0.880 bits per heavy atom. The molecule has 5 heteroatoms. The zero-order chi connectivity index (χ0) is 18.0. The highest BCUT2D eigenvalue weighted by atomic mass is 31.2. The van der Waals surface area contributed by atoms with Gasteiger partial charge in [-0.3, -0.25) is 4.57 Å². The Hall–Kier alpha value is -1.61. The summed E-state index contributed by atoms with van der Waals surface area (Å²) in [5.41, 5.74) is 4.79. The predicted octanol–water partition coefficient (Wildman–Crippen LogP) is 5.68. The van der Waals surface area contributed by atoms with Gasteiger partial charge in [0.05, 0.1) is 19.4 Å². The molecular weight excluding hydrogens is 333 g/mol. The maximum absolute atomic E-state index is 12.8. The molecule has 134 valence electrons.